The molecular weight excluding hydrogens is 309 g/mol. The second kappa shape index (κ2) is 5.75. The highest BCUT2D eigenvalue weighted by Crippen LogP contribution is 2.38. The zero-order valence-corrected chi connectivity index (χ0v) is 12.4. The van der Waals surface area contributed by atoms with Gasteiger partial charge in [0.25, 0.3) is 0 Å². The third-order valence-corrected chi connectivity index (χ3v) is 4.06. The van der Waals surface area contributed by atoms with Gasteiger partial charge >= 0.3 is 12.2 Å². The summed E-state index contributed by atoms with van der Waals surface area (Å²) in [7, 11) is 1.29. The van der Waals surface area contributed by atoms with Crippen LogP contribution in [0.4, 0.5) is 23.7 Å². The minimum atomic E-state index is -4.68. The van der Waals surface area contributed by atoms with E-state index in [1.54, 1.807) is 0 Å². The average Bonchev–Trinajstić information content (AvgIpc) is 2.98. The van der Waals surface area contributed by atoms with Crippen LogP contribution in [0.15, 0.2) is 0 Å². The van der Waals surface area contributed by atoms with Gasteiger partial charge in [-0.2, -0.15) is 18.3 Å². The van der Waals surface area contributed by atoms with Gasteiger partial charge in [0.1, 0.15) is 5.69 Å². The summed E-state index contributed by atoms with van der Waals surface area (Å²) >= 11 is 5.79. The lowest BCUT2D eigenvalue weighted by molar-refractivity contribution is -0.140. The van der Waals surface area contributed by atoms with Crippen LogP contribution in [0, 0.1) is 5.92 Å². The van der Waals surface area contributed by atoms with E-state index in [4.69, 9.17) is 11.6 Å². The van der Waals surface area contributed by atoms with Crippen LogP contribution in [-0.2, 0) is 13.2 Å². The number of amides is 2. The molecule has 1 unspecified atom stereocenters. The Bertz CT molecular complexity index is 543. The van der Waals surface area contributed by atoms with Crippen molar-refractivity contribution in [2.75, 3.05) is 18.4 Å². The number of hydrogen-bond donors (Lipinski definition) is 1. The Kier molecular flexibility index (Phi) is 4.36. The lowest BCUT2D eigenvalue weighted by Gasteiger charge is -2.17. The van der Waals surface area contributed by atoms with E-state index in [0.29, 0.717) is 19.0 Å². The summed E-state index contributed by atoms with van der Waals surface area (Å²) in [5, 5.41) is 5.31. The van der Waals surface area contributed by atoms with Crippen LogP contribution in [0.5, 0.6) is 0 Å². The van der Waals surface area contributed by atoms with Crippen LogP contribution in [-0.4, -0.2) is 33.8 Å². The summed E-state index contributed by atoms with van der Waals surface area (Å²) in [5.74, 6) is 0.391. The molecule has 5 nitrogen and oxygen atoms in total. The normalized spacial score (nSPS) is 19.1. The van der Waals surface area contributed by atoms with Gasteiger partial charge in [-0.05, 0) is 12.3 Å². The predicted molar refractivity (Wildman–Crippen MR) is 72.2 cm³/mol. The molecule has 2 heterocycles. The standard InChI is InChI=1S/C12H16ClF3N4O/c1-3-7-4-5-20(6-7)11(21)17-8-9(12(14,15)16)18-19(2)10(8)13/h7H,3-6H2,1-2H3,(H,17,21). The maximum Gasteiger partial charge on any atom is 0.437 e. The molecule has 1 saturated heterocycles. The van der Waals surface area contributed by atoms with Crippen LogP contribution in [0.2, 0.25) is 5.15 Å². The maximum atomic E-state index is 12.9. The van der Waals surface area contributed by atoms with Gasteiger partial charge in [-0.25, -0.2) is 4.79 Å². The largest absolute Gasteiger partial charge is 0.437 e. The zero-order chi connectivity index (χ0) is 15.8. The van der Waals surface area contributed by atoms with Crippen molar-refractivity contribution in [1.29, 1.82) is 0 Å². The van der Waals surface area contributed by atoms with Crippen molar-refractivity contribution in [1.82, 2.24) is 14.7 Å². The van der Waals surface area contributed by atoms with Gasteiger partial charge in [0.2, 0.25) is 0 Å². The lowest BCUT2D eigenvalue weighted by atomic mass is 10.1. The molecule has 1 N–H and O–H groups in total. The number of nitrogens with zero attached hydrogens (tertiary/aromatic N) is 3. The number of urea groups is 1. The maximum absolute atomic E-state index is 12.9. The molecule has 21 heavy (non-hydrogen) atoms. The molecule has 1 aromatic heterocycles. The Morgan fingerprint density at radius 2 is 2.19 bits per heavy atom. The molecular formula is C12H16ClF3N4O. The van der Waals surface area contributed by atoms with Crippen LogP contribution in [0.1, 0.15) is 25.5 Å². The molecule has 118 valence electrons. The fraction of sp³-hybridized carbons (Fsp3) is 0.667. The van der Waals surface area contributed by atoms with Gasteiger partial charge in [0.15, 0.2) is 10.8 Å². The quantitative estimate of drug-likeness (QED) is 0.907. The van der Waals surface area contributed by atoms with Crippen LogP contribution in [0.25, 0.3) is 0 Å². The molecule has 1 aliphatic heterocycles. The average molecular weight is 325 g/mol. The molecule has 0 spiro atoms. The molecule has 1 fully saturated rings. The number of alkyl halides is 3. The van der Waals surface area contributed by atoms with Gasteiger partial charge in [-0.3, -0.25) is 4.68 Å². The Morgan fingerprint density at radius 1 is 1.52 bits per heavy atom. The first-order valence-corrected chi connectivity index (χ1v) is 6.97. The van der Waals surface area contributed by atoms with E-state index >= 15 is 0 Å². The monoisotopic (exact) mass is 324 g/mol. The summed E-state index contributed by atoms with van der Waals surface area (Å²) < 4.78 is 39.5. The molecule has 0 radical (unpaired) electrons. The number of anilines is 1. The highest BCUT2D eigenvalue weighted by Gasteiger charge is 2.40. The van der Waals surface area contributed by atoms with Gasteiger partial charge in [-0.1, -0.05) is 24.9 Å². The summed E-state index contributed by atoms with van der Waals surface area (Å²) in [5.41, 5.74) is -1.67. The number of carbonyl (C=O) groups excluding carboxylic acids is 1. The first kappa shape index (κ1) is 15.9. The molecule has 0 aliphatic carbocycles. The number of aromatic nitrogens is 2. The molecule has 2 amide bonds. The van der Waals surface area contributed by atoms with Crippen LogP contribution < -0.4 is 5.32 Å². The fourth-order valence-corrected chi connectivity index (χ4v) is 2.52. The molecule has 9 heteroatoms. The van der Waals surface area contributed by atoms with Crippen molar-refractivity contribution >= 4 is 23.3 Å². The van der Waals surface area contributed by atoms with E-state index in [-0.39, 0.29) is 5.15 Å². The summed E-state index contributed by atoms with van der Waals surface area (Å²) in [6, 6.07) is -0.577. The number of aryl methyl sites for hydroxylation is 1. The van der Waals surface area contributed by atoms with E-state index in [0.717, 1.165) is 17.5 Å². The van der Waals surface area contributed by atoms with Crippen LogP contribution >= 0.6 is 11.6 Å². The minimum absolute atomic E-state index is 0.248. The van der Waals surface area contributed by atoms with Crippen molar-refractivity contribution in [2.24, 2.45) is 13.0 Å². The molecule has 0 bridgehead atoms. The van der Waals surface area contributed by atoms with E-state index in [1.807, 2.05) is 6.92 Å². The molecule has 1 atom stereocenters. The Hall–Kier alpha value is -1.44. The SMILES string of the molecule is CCC1CCN(C(=O)Nc2c(C(F)(F)F)nn(C)c2Cl)C1. The lowest BCUT2D eigenvalue weighted by Crippen LogP contribution is -2.33. The third kappa shape index (κ3) is 3.25. The van der Waals surface area contributed by atoms with Gasteiger partial charge < -0.3 is 10.2 Å². The number of hydrogen-bond acceptors (Lipinski definition) is 2. The third-order valence-electron chi connectivity index (χ3n) is 3.63. The van der Waals surface area contributed by atoms with Crippen molar-refractivity contribution in [3.05, 3.63) is 10.8 Å². The number of rotatable bonds is 2. The Balaban J connectivity index is 2.18. The minimum Gasteiger partial charge on any atom is -0.324 e. The molecule has 0 saturated carbocycles. The second-order valence-electron chi connectivity index (χ2n) is 5.07. The van der Waals surface area contributed by atoms with Crippen molar-refractivity contribution in [3.8, 4) is 0 Å². The smallest absolute Gasteiger partial charge is 0.324 e. The molecule has 2 rings (SSSR count). The van der Waals surface area contributed by atoms with Crippen LogP contribution in [0.3, 0.4) is 0 Å². The first-order valence-electron chi connectivity index (χ1n) is 6.59. The summed E-state index contributed by atoms with van der Waals surface area (Å²) in [4.78, 5) is 13.6. The topological polar surface area (TPSA) is 50.2 Å². The second-order valence-corrected chi connectivity index (χ2v) is 5.43. The Morgan fingerprint density at radius 3 is 2.71 bits per heavy atom. The Labute approximate surface area is 125 Å². The number of carbonyl (C=O) groups is 1. The number of nitrogens with one attached hydrogen (secondary N) is 1. The van der Waals surface area contributed by atoms with E-state index in [1.165, 1.54) is 11.9 Å². The van der Waals surface area contributed by atoms with Crippen molar-refractivity contribution in [2.45, 2.75) is 25.9 Å². The van der Waals surface area contributed by atoms with Crippen molar-refractivity contribution in [3.63, 3.8) is 0 Å². The molecule has 0 aromatic carbocycles. The zero-order valence-electron chi connectivity index (χ0n) is 11.7. The number of halogens is 4. The summed E-state index contributed by atoms with van der Waals surface area (Å²) in [6.45, 7) is 3.09. The summed E-state index contributed by atoms with van der Waals surface area (Å²) in [6.07, 6.45) is -2.88. The van der Waals surface area contributed by atoms with Gasteiger partial charge in [0, 0.05) is 20.1 Å². The van der Waals surface area contributed by atoms with E-state index in [2.05, 4.69) is 10.4 Å². The van der Waals surface area contributed by atoms with Gasteiger partial charge in [0.05, 0.1) is 0 Å². The fourth-order valence-electron chi connectivity index (χ4n) is 2.35. The van der Waals surface area contributed by atoms with E-state index < -0.39 is 23.6 Å². The number of likely N-dealkylation sites (tertiary alicyclic amines) is 1. The molecule has 1 aliphatic rings. The predicted octanol–water partition coefficient (Wildman–Crippen LogP) is 3.36. The van der Waals surface area contributed by atoms with E-state index in [9.17, 15) is 18.0 Å². The van der Waals surface area contributed by atoms with Crippen molar-refractivity contribution < 1.29 is 18.0 Å². The molecule has 1 aromatic rings. The highest BCUT2D eigenvalue weighted by molar-refractivity contribution is 6.32. The highest BCUT2D eigenvalue weighted by atomic mass is 35.5. The first-order chi connectivity index (χ1) is 9.74. The van der Waals surface area contributed by atoms with Gasteiger partial charge in [-0.15, -0.1) is 0 Å².